The van der Waals surface area contributed by atoms with E-state index in [1.165, 1.54) is 32.0 Å². The Bertz CT molecular complexity index is 695. The Balaban J connectivity index is 2.63. The first kappa shape index (κ1) is 14.0. The Labute approximate surface area is 118 Å². The maximum atomic E-state index is 12.0. The smallest absolute Gasteiger partial charge is 0.337 e. The molecule has 19 heavy (non-hydrogen) atoms. The van der Waals surface area contributed by atoms with E-state index in [0.29, 0.717) is 8.78 Å². The summed E-state index contributed by atoms with van der Waals surface area (Å²) < 4.78 is 23.6. The molecule has 1 aliphatic rings. The summed E-state index contributed by atoms with van der Waals surface area (Å²) in [5.74, 6) is -1.94. The van der Waals surface area contributed by atoms with Gasteiger partial charge in [-0.3, -0.25) is 4.79 Å². The Hall–Kier alpha value is -1.41. The van der Waals surface area contributed by atoms with E-state index >= 15 is 0 Å². The van der Waals surface area contributed by atoms with Gasteiger partial charge in [0.25, 0.3) is 15.9 Å². The van der Waals surface area contributed by atoms with Crippen molar-refractivity contribution in [3.63, 3.8) is 0 Å². The summed E-state index contributed by atoms with van der Waals surface area (Å²) in [7, 11) is -3.87. The third-order valence-corrected chi connectivity index (χ3v) is 5.79. The first-order chi connectivity index (χ1) is 8.60. The highest BCUT2D eigenvalue weighted by molar-refractivity contribution is 9.10. The molecule has 0 bridgehead atoms. The second-order valence-corrected chi connectivity index (χ2v) is 7.80. The maximum absolute atomic E-state index is 12.0. The van der Waals surface area contributed by atoms with E-state index in [1.54, 1.807) is 0 Å². The van der Waals surface area contributed by atoms with Gasteiger partial charge in [0, 0.05) is 4.47 Å². The minimum Gasteiger partial charge on any atom is -0.478 e. The van der Waals surface area contributed by atoms with Gasteiger partial charge in [0.15, 0.2) is 4.75 Å². The zero-order valence-electron chi connectivity index (χ0n) is 10.0. The number of anilines is 1. The first-order valence-electron chi connectivity index (χ1n) is 5.23. The van der Waals surface area contributed by atoms with Crippen LogP contribution in [0.5, 0.6) is 0 Å². The van der Waals surface area contributed by atoms with Crippen LogP contribution in [0.15, 0.2) is 22.7 Å². The molecule has 0 saturated carbocycles. The van der Waals surface area contributed by atoms with Crippen LogP contribution in [0.4, 0.5) is 5.69 Å². The summed E-state index contributed by atoms with van der Waals surface area (Å²) >= 11 is 3.10. The van der Waals surface area contributed by atoms with Crippen LogP contribution in [0.1, 0.15) is 24.2 Å². The first-order valence-corrected chi connectivity index (χ1v) is 7.46. The number of carbonyl (C=O) groups excluding carboxylic acids is 1. The highest BCUT2D eigenvalue weighted by Gasteiger charge is 2.61. The Morgan fingerprint density at radius 1 is 1.37 bits per heavy atom. The summed E-state index contributed by atoms with van der Waals surface area (Å²) in [5.41, 5.74) is -0.387. The van der Waals surface area contributed by atoms with Gasteiger partial charge in [0.1, 0.15) is 0 Å². The highest BCUT2D eigenvalue weighted by atomic mass is 79.9. The van der Waals surface area contributed by atoms with Crippen LogP contribution in [-0.2, 0) is 14.8 Å². The molecule has 1 aromatic rings. The van der Waals surface area contributed by atoms with E-state index in [2.05, 4.69) is 15.9 Å². The molecule has 1 amide bonds. The zero-order chi connectivity index (χ0) is 14.6. The van der Waals surface area contributed by atoms with Gasteiger partial charge in [-0.2, -0.15) is 0 Å². The van der Waals surface area contributed by atoms with Crippen LogP contribution >= 0.6 is 15.9 Å². The summed E-state index contributed by atoms with van der Waals surface area (Å²) in [5, 5.41) is 9.09. The van der Waals surface area contributed by atoms with Gasteiger partial charge in [0.2, 0.25) is 0 Å². The number of benzene rings is 1. The van der Waals surface area contributed by atoms with Gasteiger partial charge < -0.3 is 5.11 Å². The number of rotatable bonds is 2. The van der Waals surface area contributed by atoms with Crippen molar-refractivity contribution in [1.82, 2.24) is 0 Å². The molecule has 0 spiro atoms. The van der Waals surface area contributed by atoms with E-state index < -0.39 is 26.6 Å². The number of sulfonamides is 1. The van der Waals surface area contributed by atoms with Crippen LogP contribution in [0.2, 0.25) is 0 Å². The van der Waals surface area contributed by atoms with Crippen LogP contribution in [0, 0.1) is 0 Å². The molecule has 6 nitrogen and oxygen atoms in total. The molecular formula is C11H10BrNO5S. The monoisotopic (exact) mass is 347 g/mol. The third kappa shape index (κ3) is 1.78. The zero-order valence-corrected chi connectivity index (χ0v) is 12.4. The molecular weight excluding hydrogens is 338 g/mol. The van der Waals surface area contributed by atoms with Gasteiger partial charge in [-0.25, -0.2) is 17.5 Å². The van der Waals surface area contributed by atoms with E-state index in [0.717, 1.165) is 0 Å². The molecule has 0 atom stereocenters. The lowest BCUT2D eigenvalue weighted by molar-refractivity contribution is -0.120. The maximum Gasteiger partial charge on any atom is 0.337 e. The third-order valence-electron chi connectivity index (χ3n) is 2.99. The summed E-state index contributed by atoms with van der Waals surface area (Å²) in [6, 6.07) is 4.03. The normalized spacial score (nSPS) is 19.9. The van der Waals surface area contributed by atoms with Crippen molar-refractivity contribution in [2.45, 2.75) is 18.6 Å². The molecule has 8 heteroatoms. The average Bonchev–Trinajstić information content (AvgIpc) is 2.30. The second kappa shape index (κ2) is 4.04. The standard InChI is InChI=1S/C11H10BrNO5S/c1-11(2)10(16)13(19(11,17)18)8-4-3-6(12)5-7(8)9(14)15/h3-5H,1-2H3,(H,14,15). The fraction of sp³-hybridized carbons (Fsp3) is 0.273. The second-order valence-electron chi connectivity index (χ2n) is 4.55. The van der Waals surface area contributed by atoms with Crippen LogP contribution in [0.25, 0.3) is 0 Å². The Morgan fingerprint density at radius 2 is 1.95 bits per heavy atom. The molecule has 1 N–H and O–H groups in total. The molecule has 1 saturated heterocycles. The molecule has 0 radical (unpaired) electrons. The van der Waals surface area contributed by atoms with Crippen LogP contribution < -0.4 is 4.31 Å². The van der Waals surface area contributed by atoms with Crippen molar-refractivity contribution >= 4 is 43.5 Å². The number of amides is 1. The van der Waals surface area contributed by atoms with Crippen molar-refractivity contribution in [3.8, 4) is 0 Å². The molecule has 2 rings (SSSR count). The number of carboxylic acid groups (broad SMARTS) is 1. The fourth-order valence-electron chi connectivity index (χ4n) is 1.75. The van der Waals surface area contributed by atoms with Crippen molar-refractivity contribution in [1.29, 1.82) is 0 Å². The van der Waals surface area contributed by atoms with Gasteiger partial charge >= 0.3 is 5.97 Å². The van der Waals surface area contributed by atoms with E-state index in [9.17, 15) is 18.0 Å². The number of aromatic carboxylic acids is 1. The molecule has 1 heterocycles. The number of carboxylic acids is 1. The molecule has 0 aliphatic carbocycles. The van der Waals surface area contributed by atoms with Crippen molar-refractivity contribution in [2.75, 3.05) is 4.31 Å². The van der Waals surface area contributed by atoms with Crippen molar-refractivity contribution in [3.05, 3.63) is 28.2 Å². The van der Waals surface area contributed by atoms with Gasteiger partial charge in [-0.15, -0.1) is 0 Å². The van der Waals surface area contributed by atoms with Gasteiger partial charge in [0.05, 0.1) is 11.3 Å². The lowest BCUT2D eigenvalue weighted by Gasteiger charge is -2.43. The molecule has 0 unspecified atom stereocenters. The number of nitrogens with zero attached hydrogens (tertiary/aromatic N) is 1. The van der Waals surface area contributed by atoms with Crippen LogP contribution in [-0.4, -0.2) is 30.1 Å². The number of halogens is 1. The lowest BCUT2D eigenvalue weighted by atomic mass is 10.1. The molecule has 1 aromatic carbocycles. The van der Waals surface area contributed by atoms with Crippen LogP contribution in [0.3, 0.4) is 0 Å². The topological polar surface area (TPSA) is 91.8 Å². The number of hydrogen-bond donors (Lipinski definition) is 1. The van der Waals surface area contributed by atoms with Crippen molar-refractivity contribution in [2.24, 2.45) is 0 Å². The SMILES string of the molecule is CC1(C)C(=O)N(c2ccc(Br)cc2C(=O)O)S1(=O)=O. The predicted octanol–water partition coefficient (Wildman–Crippen LogP) is 1.60. The fourth-order valence-corrected chi connectivity index (χ4v) is 3.61. The van der Waals surface area contributed by atoms with E-state index in [1.807, 2.05) is 0 Å². The average molecular weight is 348 g/mol. The molecule has 0 aromatic heterocycles. The summed E-state index contributed by atoms with van der Waals surface area (Å²) in [4.78, 5) is 23.0. The molecule has 1 aliphatic heterocycles. The minimum absolute atomic E-state index is 0.139. The summed E-state index contributed by atoms with van der Waals surface area (Å²) in [6.45, 7) is 2.58. The highest BCUT2D eigenvalue weighted by Crippen LogP contribution is 2.41. The summed E-state index contributed by atoms with van der Waals surface area (Å²) in [6.07, 6.45) is 0. The lowest BCUT2D eigenvalue weighted by Crippen LogP contribution is -2.68. The minimum atomic E-state index is -3.87. The Kier molecular flexibility index (Phi) is 2.98. The number of carbonyl (C=O) groups is 2. The molecule has 1 fully saturated rings. The molecule has 102 valence electrons. The quantitative estimate of drug-likeness (QED) is 0.877. The van der Waals surface area contributed by atoms with Gasteiger partial charge in [-0.1, -0.05) is 15.9 Å². The van der Waals surface area contributed by atoms with Crippen molar-refractivity contribution < 1.29 is 23.1 Å². The van der Waals surface area contributed by atoms with Gasteiger partial charge in [-0.05, 0) is 32.0 Å². The Morgan fingerprint density at radius 3 is 2.42 bits per heavy atom. The van der Waals surface area contributed by atoms with E-state index in [4.69, 9.17) is 5.11 Å². The number of hydrogen-bond acceptors (Lipinski definition) is 4. The predicted molar refractivity (Wildman–Crippen MR) is 71.6 cm³/mol. The van der Waals surface area contributed by atoms with E-state index in [-0.39, 0.29) is 11.3 Å². The largest absolute Gasteiger partial charge is 0.478 e.